The summed E-state index contributed by atoms with van der Waals surface area (Å²) in [5.74, 6) is -1.01. The van der Waals surface area contributed by atoms with Crippen LogP contribution in [0.3, 0.4) is 0 Å². The van der Waals surface area contributed by atoms with Gasteiger partial charge in [0, 0.05) is 17.4 Å². The van der Waals surface area contributed by atoms with Gasteiger partial charge in [0.25, 0.3) is 0 Å². The highest BCUT2D eigenvalue weighted by atomic mass is 16.5. The van der Waals surface area contributed by atoms with Crippen molar-refractivity contribution in [3.63, 3.8) is 0 Å². The zero-order valence-corrected chi connectivity index (χ0v) is 12.2. The minimum absolute atomic E-state index is 0.0441. The smallest absolute Gasteiger partial charge is 0.330 e. The lowest BCUT2D eigenvalue weighted by Crippen LogP contribution is -2.19. The number of carbonyl (C=O) groups is 2. The summed E-state index contributed by atoms with van der Waals surface area (Å²) in [6.07, 6.45) is 0. The van der Waals surface area contributed by atoms with Gasteiger partial charge in [-0.3, -0.25) is 4.79 Å². The summed E-state index contributed by atoms with van der Waals surface area (Å²) < 4.78 is 5.17. The number of anilines is 2. The molecule has 0 spiro atoms. The molecular formula is C16H16N2O5. The molecule has 7 nitrogen and oxygen atoms in total. The highest BCUT2D eigenvalue weighted by Crippen LogP contribution is 2.18. The van der Waals surface area contributed by atoms with Crippen molar-refractivity contribution >= 4 is 23.3 Å². The van der Waals surface area contributed by atoms with Crippen LogP contribution in [-0.4, -0.2) is 35.2 Å². The molecule has 0 saturated heterocycles. The molecule has 0 saturated carbocycles. The van der Waals surface area contributed by atoms with Crippen LogP contribution in [0.2, 0.25) is 0 Å². The number of hydrogen-bond acceptors (Lipinski definition) is 6. The number of aromatic hydroxyl groups is 1. The van der Waals surface area contributed by atoms with E-state index in [4.69, 9.17) is 9.84 Å². The number of ether oxygens (including phenoxy) is 1. The molecule has 0 bridgehead atoms. The van der Waals surface area contributed by atoms with Crippen LogP contribution in [0, 0.1) is 0 Å². The first kappa shape index (κ1) is 16.2. The second-order valence-corrected chi connectivity index (χ2v) is 4.65. The predicted octanol–water partition coefficient (Wildman–Crippen LogP) is 1.91. The van der Waals surface area contributed by atoms with Gasteiger partial charge < -0.3 is 25.6 Å². The van der Waals surface area contributed by atoms with Gasteiger partial charge in [-0.1, -0.05) is 6.07 Å². The summed E-state index contributed by atoms with van der Waals surface area (Å²) in [4.78, 5) is 22.3. The monoisotopic (exact) mass is 316 g/mol. The molecule has 120 valence electrons. The van der Waals surface area contributed by atoms with E-state index >= 15 is 0 Å². The van der Waals surface area contributed by atoms with E-state index in [1.807, 2.05) is 0 Å². The Hall–Kier alpha value is -3.22. The number of benzene rings is 2. The van der Waals surface area contributed by atoms with Gasteiger partial charge in [-0.25, -0.2) is 4.79 Å². The Morgan fingerprint density at radius 1 is 0.957 bits per heavy atom. The number of carbonyl (C=O) groups excluding carboxylic acids is 1. The molecule has 0 aliphatic carbocycles. The van der Waals surface area contributed by atoms with Crippen LogP contribution in [-0.2, 0) is 9.59 Å². The first-order chi connectivity index (χ1) is 11.0. The van der Waals surface area contributed by atoms with Gasteiger partial charge in [0.15, 0.2) is 0 Å². The van der Waals surface area contributed by atoms with Gasteiger partial charge in [-0.15, -0.1) is 0 Å². The van der Waals surface area contributed by atoms with Crippen LogP contribution in [0.5, 0.6) is 11.5 Å². The topological polar surface area (TPSA) is 108 Å². The second kappa shape index (κ2) is 7.69. The van der Waals surface area contributed by atoms with Crippen LogP contribution in [0.4, 0.5) is 11.4 Å². The molecule has 0 atom stereocenters. The van der Waals surface area contributed by atoms with Gasteiger partial charge in [-0.05, 0) is 36.4 Å². The fourth-order valence-electron chi connectivity index (χ4n) is 1.77. The van der Waals surface area contributed by atoms with E-state index in [1.165, 1.54) is 12.1 Å². The average molecular weight is 316 g/mol. The van der Waals surface area contributed by atoms with Gasteiger partial charge >= 0.3 is 11.9 Å². The normalized spacial score (nSPS) is 9.91. The van der Waals surface area contributed by atoms with E-state index in [2.05, 4.69) is 10.6 Å². The molecule has 0 amide bonds. The zero-order chi connectivity index (χ0) is 16.7. The Kier molecular flexibility index (Phi) is 5.40. The zero-order valence-electron chi connectivity index (χ0n) is 12.2. The van der Waals surface area contributed by atoms with Crippen LogP contribution in [0.25, 0.3) is 0 Å². The van der Waals surface area contributed by atoms with Crippen molar-refractivity contribution in [2.75, 3.05) is 23.7 Å². The Labute approximate surface area is 132 Å². The van der Waals surface area contributed by atoms with Gasteiger partial charge in [0.2, 0.25) is 0 Å². The highest BCUT2D eigenvalue weighted by molar-refractivity contribution is 5.78. The van der Waals surface area contributed by atoms with Gasteiger partial charge in [0.1, 0.15) is 24.6 Å². The van der Waals surface area contributed by atoms with E-state index < -0.39 is 11.9 Å². The number of phenolic OH excluding ortho intramolecular Hbond substituents is 1. The maximum absolute atomic E-state index is 11.8. The Morgan fingerprint density at radius 2 is 1.65 bits per heavy atom. The summed E-state index contributed by atoms with van der Waals surface area (Å²) in [7, 11) is 0. The van der Waals surface area contributed by atoms with Crippen molar-refractivity contribution < 1.29 is 24.5 Å². The van der Waals surface area contributed by atoms with Crippen LogP contribution in [0.15, 0.2) is 48.5 Å². The van der Waals surface area contributed by atoms with Crippen molar-refractivity contribution in [3.05, 3.63) is 48.5 Å². The molecule has 23 heavy (non-hydrogen) atoms. The third-order valence-corrected chi connectivity index (χ3v) is 2.81. The molecule has 7 heteroatoms. The van der Waals surface area contributed by atoms with Crippen LogP contribution < -0.4 is 15.4 Å². The molecule has 0 aliphatic heterocycles. The largest absolute Gasteiger partial charge is 0.508 e. The van der Waals surface area contributed by atoms with Crippen molar-refractivity contribution in [1.82, 2.24) is 0 Å². The van der Waals surface area contributed by atoms with E-state index in [9.17, 15) is 14.7 Å². The number of carboxylic acids is 1. The standard InChI is InChI=1S/C16H16N2O5/c19-13-6-4-11(5-7-13)18-10-16(22)23-14-3-1-2-12(8-14)17-9-15(20)21/h1-8,17-19H,9-10H2,(H,20,21). The summed E-state index contributed by atoms with van der Waals surface area (Å²) in [5.41, 5.74) is 1.22. The van der Waals surface area contributed by atoms with Crippen molar-refractivity contribution in [2.24, 2.45) is 0 Å². The van der Waals surface area contributed by atoms with Crippen LogP contribution in [0.1, 0.15) is 0 Å². The maximum Gasteiger partial charge on any atom is 0.330 e. The maximum atomic E-state index is 11.8. The molecule has 0 radical (unpaired) electrons. The minimum Gasteiger partial charge on any atom is -0.508 e. The average Bonchev–Trinajstić information content (AvgIpc) is 2.53. The molecule has 2 rings (SSSR count). The molecule has 2 aromatic carbocycles. The number of nitrogens with one attached hydrogen (secondary N) is 2. The summed E-state index contributed by atoms with van der Waals surface area (Å²) in [6.45, 7) is -0.267. The number of esters is 1. The van der Waals surface area contributed by atoms with E-state index in [-0.39, 0.29) is 18.8 Å². The summed E-state index contributed by atoms with van der Waals surface area (Å²) >= 11 is 0. The SMILES string of the molecule is O=C(O)CNc1cccc(OC(=O)CNc2ccc(O)cc2)c1. The molecule has 0 aliphatic rings. The van der Waals surface area contributed by atoms with Crippen molar-refractivity contribution in [1.29, 1.82) is 0 Å². The minimum atomic E-state index is -0.981. The summed E-state index contributed by atoms with van der Waals surface area (Å²) in [6, 6.07) is 12.8. The fourth-order valence-corrected chi connectivity index (χ4v) is 1.77. The lowest BCUT2D eigenvalue weighted by molar-refractivity contribution is -0.135. The molecule has 4 N–H and O–H groups in total. The fraction of sp³-hybridized carbons (Fsp3) is 0.125. The Morgan fingerprint density at radius 3 is 2.35 bits per heavy atom. The third-order valence-electron chi connectivity index (χ3n) is 2.81. The number of phenols is 1. The van der Waals surface area contributed by atoms with Gasteiger partial charge in [0.05, 0.1) is 0 Å². The molecule has 0 fully saturated rings. The lowest BCUT2D eigenvalue weighted by atomic mass is 10.3. The quantitative estimate of drug-likeness (QED) is 0.351. The third kappa shape index (κ3) is 5.58. The number of carboxylic acid groups (broad SMARTS) is 1. The van der Waals surface area contributed by atoms with E-state index in [1.54, 1.807) is 36.4 Å². The Balaban J connectivity index is 1.86. The van der Waals surface area contributed by atoms with E-state index in [0.717, 1.165) is 0 Å². The van der Waals surface area contributed by atoms with Crippen LogP contribution >= 0.6 is 0 Å². The van der Waals surface area contributed by atoms with E-state index in [0.29, 0.717) is 17.1 Å². The second-order valence-electron chi connectivity index (χ2n) is 4.65. The van der Waals surface area contributed by atoms with Crippen molar-refractivity contribution in [2.45, 2.75) is 0 Å². The number of hydrogen-bond donors (Lipinski definition) is 4. The van der Waals surface area contributed by atoms with Crippen molar-refractivity contribution in [3.8, 4) is 11.5 Å². The predicted molar refractivity (Wildman–Crippen MR) is 84.8 cm³/mol. The summed E-state index contributed by atoms with van der Waals surface area (Å²) in [5, 5.41) is 23.3. The molecule has 0 heterocycles. The lowest BCUT2D eigenvalue weighted by Gasteiger charge is -2.09. The number of aliphatic carboxylic acids is 1. The molecular weight excluding hydrogens is 300 g/mol. The first-order valence-electron chi connectivity index (χ1n) is 6.82. The van der Waals surface area contributed by atoms with Gasteiger partial charge in [-0.2, -0.15) is 0 Å². The Bertz CT molecular complexity index is 685. The molecule has 0 aromatic heterocycles. The molecule has 0 unspecified atom stereocenters. The highest BCUT2D eigenvalue weighted by Gasteiger charge is 2.06. The molecule has 2 aromatic rings. The first-order valence-corrected chi connectivity index (χ1v) is 6.82. The number of rotatable bonds is 7.